The SMILES string of the molecule is CN(CCc1ccccc1)c1cc(Br)ccc1CCN. The second-order valence-corrected chi connectivity index (χ2v) is 5.88. The van der Waals surface area contributed by atoms with Gasteiger partial charge in [0.2, 0.25) is 0 Å². The third-order valence-corrected chi connectivity index (χ3v) is 3.94. The van der Waals surface area contributed by atoms with Gasteiger partial charge in [-0.05, 0) is 42.6 Å². The predicted molar refractivity (Wildman–Crippen MR) is 90.3 cm³/mol. The van der Waals surface area contributed by atoms with Gasteiger partial charge in [0.05, 0.1) is 0 Å². The number of nitrogens with zero attached hydrogens (tertiary/aromatic N) is 1. The fraction of sp³-hybridized carbons (Fsp3) is 0.294. The third kappa shape index (κ3) is 4.09. The first-order chi connectivity index (χ1) is 9.70. The summed E-state index contributed by atoms with van der Waals surface area (Å²) in [4.78, 5) is 2.31. The quantitative estimate of drug-likeness (QED) is 0.875. The molecule has 20 heavy (non-hydrogen) atoms. The lowest BCUT2D eigenvalue weighted by Crippen LogP contribution is -2.22. The van der Waals surface area contributed by atoms with Crippen molar-refractivity contribution in [3.05, 3.63) is 64.1 Å². The maximum atomic E-state index is 5.70. The molecule has 0 radical (unpaired) electrons. The van der Waals surface area contributed by atoms with Crippen LogP contribution in [-0.2, 0) is 12.8 Å². The summed E-state index contributed by atoms with van der Waals surface area (Å²) < 4.78 is 1.11. The first-order valence-corrected chi connectivity index (χ1v) is 7.73. The van der Waals surface area contributed by atoms with Crippen LogP contribution in [0.1, 0.15) is 11.1 Å². The van der Waals surface area contributed by atoms with Crippen molar-refractivity contribution in [1.29, 1.82) is 0 Å². The van der Waals surface area contributed by atoms with Crippen LogP contribution in [0, 0.1) is 0 Å². The molecule has 2 aromatic rings. The second kappa shape index (κ2) is 7.46. The molecule has 106 valence electrons. The molecule has 0 heterocycles. The first-order valence-electron chi connectivity index (χ1n) is 6.94. The molecule has 3 heteroatoms. The Kier molecular flexibility index (Phi) is 5.62. The molecule has 0 fully saturated rings. The van der Waals surface area contributed by atoms with E-state index < -0.39 is 0 Å². The van der Waals surface area contributed by atoms with Gasteiger partial charge in [-0.25, -0.2) is 0 Å². The zero-order chi connectivity index (χ0) is 14.4. The van der Waals surface area contributed by atoms with E-state index in [1.165, 1.54) is 16.8 Å². The monoisotopic (exact) mass is 332 g/mol. The van der Waals surface area contributed by atoms with Gasteiger partial charge in [-0.1, -0.05) is 52.3 Å². The van der Waals surface area contributed by atoms with Gasteiger partial charge in [0.15, 0.2) is 0 Å². The Morgan fingerprint density at radius 2 is 1.80 bits per heavy atom. The summed E-state index contributed by atoms with van der Waals surface area (Å²) in [6, 6.07) is 17.0. The highest BCUT2D eigenvalue weighted by Gasteiger charge is 2.08. The summed E-state index contributed by atoms with van der Waals surface area (Å²) in [5.41, 5.74) is 9.65. The fourth-order valence-corrected chi connectivity index (χ4v) is 2.67. The second-order valence-electron chi connectivity index (χ2n) is 4.97. The zero-order valence-corrected chi connectivity index (χ0v) is 13.4. The number of anilines is 1. The van der Waals surface area contributed by atoms with E-state index in [0.717, 1.165) is 23.9 Å². The molecule has 0 aliphatic carbocycles. The highest BCUT2D eigenvalue weighted by atomic mass is 79.9. The van der Waals surface area contributed by atoms with Crippen LogP contribution in [-0.4, -0.2) is 20.1 Å². The minimum absolute atomic E-state index is 0.682. The number of hydrogen-bond donors (Lipinski definition) is 1. The Bertz CT molecular complexity index is 540. The van der Waals surface area contributed by atoms with Crippen molar-refractivity contribution in [2.45, 2.75) is 12.8 Å². The van der Waals surface area contributed by atoms with Crippen LogP contribution in [0.15, 0.2) is 53.0 Å². The van der Waals surface area contributed by atoms with E-state index in [1.54, 1.807) is 0 Å². The molecule has 0 aliphatic heterocycles. The van der Waals surface area contributed by atoms with Crippen LogP contribution in [0.5, 0.6) is 0 Å². The molecule has 2 nitrogen and oxygen atoms in total. The van der Waals surface area contributed by atoms with Gasteiger partial charge in [0, 0.05) is 23.8 Å². The minimum Gasteiger partial charge on any atom is -0.374 e. The topological polar surface area (TPSA) is 29.3 Å². The van der Waals surface area contributed by atoms with Crippen molar-refractivity contribution in [3.63, 3.8) is 0 Å². The molecular formula is C17H21BrN2. The van der Waals surface area contributed by atoms with E-state index >= 15 is 0 Å². The van der Waals surface area contributed by atoms with Gasteiger partial charge in [0.1, 0.15) is 0 Å². The van der Waals surface area contributed by atoms with Gasteiger partial charge in [-0.15, -0.1) is 0 Å². The molecule has 0 bridgehead atoms. The minimum atomic E-state index is 0.682. The molecule has 0 aliphatic rings. The molecule has 0 saturated heterocycles. The summed E-state index contributed by atoms with van der Waals surface area (Å²) in [6.07, 6.45) is 1.96. The summed E-state index contributed by atoms with van der Waals surface area (Å²) >= 11 is 3.55. The maximum absolute atomic E-state index is 5.70. The van der Waals surface area contributed by atoms with Gasteiger partial charge >= 0.3 is 0 Å². The van der Waals surface area contributed by atoms with Crippen LogP contribution in [0.3, 0.4) is 0 Å². The van der Waals surface area contributed by atoms with Crippen LogP contribution in [0.2, 0.25) is 0 Å². The average molecular weight is 333 g/mol. The van der Waals surface area contributed by atoms with Crippen molar-refractivity contribution in [3.8, 4) is 0 Å². The van der Waals surface area contributed by atoms with E-state index in [-0.39, 0.29) is 0 Å². The molecule has 0 aromatic heterocycles. The molecule has 0 unspecified atom stereocenters. The third-order valence-electron chi connectivity index (χ3n) is 3.45. The molecule has 2 aromatic carbocycles. The molecule has 2 rings (SSSR count). The van der Waals surface area contributed by atoms with Crippen LogP contribution >= 0.6 is 15.9 Å². The highest BCUT2D eigenvalue weighted by Crippen LogP contribution is 2.25. The lowest BCUT2D eigenvalue weighted by atomic mass is 10.1. The van der Waals surface area contributed by atoms with E-state index in [2.05, 4.69) is 76.4 Å². The van der Waals surface area contributed by atoms with E-state index in [1.807, 2.05) is 0 Å². The molecule has 0 saturated carbocycles. The summed E-state index contributed by atoms with van der Waals surface area (Å²) in [7, 11) is 2.14. The fourth-order valence-electron chi connectivity index (χ4n) is 2.32. The van der Waals surface area contributed by atoms with Gasteiger partial charge < -0.3 is 10.6 Å². The van der Waals surface area contributed by atoms with Crippen molar-refractivity contribution in [2.24, 2.45) is 5.73 Å². The number of rotatable bonds is 6. The van der Waals surface area contributed by atoms with E-state index in [0.29, 0.717) is 6.54 Å². The van der Waals surface area contributed by atoms with Crippen molar-refractivity contribution in [2.75, 3.05) is 25.0 Å². The molecule has 0 spiro atoms. The molecule has 2 N–H and O–H groups in total. The van der Waals surface area contributed by atoms with Gasteiger partial charge in [0.25, 0.3) is 0 Å². The summed E-state index contributed by atoms with van der Waals surface area (Å²) in [5.74, 6) is 0. The van der Waals surface area contributed by atoms with E-state index in [4.69, 9.17) is 5.73 Å². The number of nitrogens with two attached hydrogens (primary N) is 1. The Morgan fingerprint density at radius 3 is 2.50 bits per heavy atom. The van der Waals surface area contributed by atoms with Crippen molar-refractivity contribution >= 4 is 21.6 Å². The number of halogens is 1. The molecule has 0 amide bonds. The van der Waals surface area contributed by atoms with Crippen molar-refractivity contribution < 1.29 is 0 Å². The highest BCUT2D eigenvalue weighted by molar-refractivity contribution is 9.10. The van der Waals surface area contributed by atoms with Crippen LogP contribution < -0.4 is 10.6 Å². The molecule has 0 atom stereocenters. The lowest BCUT2D eigenvalue weighted by molar-refractivity contribution is 0.860. The summed E-state index contributed by atoms with van der Waals surface area (Å²) in [6.45, 7) is 1.68. The predicted octanol–water partition coefficient (Wildman–Crippen LogP) is 3.63. The first kappa shape index (κ1) is 15.1. The summed E-state index contributed by atoms with van der Waals surface area (Å²) in [5, 5.41) is 0. The van der Waals surface area contributed by atoms with Gasteiger partial charge in [-0.3, -0.25) is 0 Å². The van der Waals surface area contributed by atoms with Crippen LogP contribution in [0.25, 0.3) is 0 Å². The lowest BCUT2D eigenvalue weighted by Gasteiger charge is -2.23. The number of hydrogen-bond acceptors (Lipinski definition) is 2. The largest absolute Gasteiger partial charge is 0.374 e. The Morgan fingerprint density at radius 1 is 1.05 bits per heavy atom. The van der Waals surface area contributed by atoms with Gasteiger partial charge in [-0.2, -0.15) is 0 Å². The Hall–Kier alpha value is -1.32. The van der Waals surface area contributed by atoms with Crippen molar-refractivity contribution in [1.82, 2.24) is 0 Å². The normalized spacial score (nSPS) is 10.6. The smallest absolute Gasteiger partial charge is 0.0408 e. The molecular weight excluding hydrogens is 312 g/mol. The Balaban J connectivity index is 2.08. The number of benzene rings is 2. The zero-order valence-electron chi connectivity index (χ0n) is 11.8. The standard InChI is InChI=1S/C17H21BrN2/c1-20(12-10-14-5-3-2-4-6-14)17-13-16(18)8-7-15(17)9-11-19/h2-8,13H,9-12,19H2,1H3. The van der Waals surface area contributed by atoms with Crippen LogP contribution in [0.4, 0.5) is 5.69 Å². The average Bonchev–Trinajstić information content (AvgIpc) is 2.48. The Labute approximate surface area is 129 Å². The van der Waals surface area contributed by atoms with E-state index in [9.17, 15) is 0 Å². The number of likely N-dealkylation sites (N-methyl/N-ethyl adjacent to an activating group) is 1. The maximum Gasteiger partial charge on any atom is 0.0408 e.